The maximum Gasteiger partial charge on any atom is 0.327 e. The minimum Gasteiger partial charge on any atom is -0.312 e. The van der Waals surface area contributed by atoms with Crippen molar-refractivity contribution in [2.75, 3.05) is 27.2 Å². The highest BCUT2D eigenvalue weighted by molar-refractivity contribution is 6.02. The number of amides is 3. The minimum absolute atomic E-state index is 0.0262. The Balaban J connectivity index is 1.77. The number of urea groups is 1. The number of hydrogen-bond donors (Lipinski definition) is 0. The molecule has 0 radical (unpaired) electrons. The number of carbonyl (C=O) groups excluding carboxylic acids is 2. The third-order valence-electron chi connectivity index (χ3n) is 4.23. The van der Waals surface area contributed by atoms with E-state index in [0.717, 1.165) is 18.4 Å². The van der Waals surface area contributed by atoms with Crippen LogP contribution in [0.2, 0.25) is 0 Å². The number of imide groups is 1. The molecule has 1 aliphatic carbocycles. The topological polar surface area (TPSA) is 43.9 Å². The van der Waals surface area contributed by atoms with Gasteiger partial charge in [0.25, 0.3) is 0 Å². The Hall–Kier alpha value is -1.88. The fraction of sp³-hybridized carbons (Fsp3) is 0.500. The molecule has 5 nitrogen and oxygen atoms in total. The van der Waals surface area contributed by atoms with Crippen molar-refractivity contribution in [1.29, 1.82) is 0 Å². The van der Waals surface area contributed by atoms with E-state index in [-0.39, 0.29) is 24.5 Å². The Kier molecular flexibility index (Phi) is 3.68. The van der Waals surface area contributed by atoms with Crippen LogP contribution in [0.5, 0.6) is 0 Å². The predicted octanol–water partition coefficient (Wildman–Crippen LogP) is 1.72. The molecule has 1 heterocycles. The second-order valence-electron chi connectivity index (χ2n) is 6.04. The zero-order valence-electron chi connectivity index (χ0n) is 12.5. The monoisotopic (exact) mass is 287 g/mol. The van der Waals surface area contributed by atoms with E-state index in [1.165, 1.54) is 4.90 Å². The smallest absolute Gasteiger partial charge is 0.312 e. The molecule has 5 heteroatoms. The molecule has 0 N–H and O–H groups in total. The second kappa shape index (κ2) is 5.48. The highest BCUT2D eigenvalue weighted by Gasteiger charge is 2.44. The Labute approximate surface area is 125 Å². The lowest BCUT2D eigenvalue weighted by Gasteiger charge is -2.28. The molecule has 0 bridgehead atoms. The third kappa shape index (κ3) is 2.78. The molecule has 2 aliphatic rings. The Morgan fingerprint density at radius 2 is 1.86 bits per heavy atom. The number of rotatable bonds is 5. The van der Waals surface area contributed by atoms with E-state index in [0.29, 0.717) is 12.6 Å². The van der Waals surface area contributed by atoms with Gasteiger partial charge in [-0.2, -0.15) is 0 Å². The highest BCUT2D eigenvalue weighted by Crippen LogP contribution is 2.31. The quantitative estimate of drug-likeness (QED) is 0.775. The summed E-state index contributed by atoms with van der Waals surface area (Å²) in [7, 11) is 3.95. The lowest BCUT2D eigenvalue weighted by molar-refractivity contribution is -0.125. The van der Waals surface area contributed by atoms with Crippen LogP contribution < -0.4 is 0 Å². The van der Waals surface area contributed by atoms with E-state index in [2.05, 4.69) is 4.90 Å². The average molecular weight is 287 g/mol. The summed E-state index contributed by atoms with van der Waals surface area (Å²) in [5.74, 6) is -0.0744. The molecule has 1 aromatic carbocycles. The number of nitrogens with zero attached hydrogens (tertiary/aromatic N) is 3. The van der Waals surface area contributed by atoms with Crippen molar-refractivity contribution in [3.8, 4) is 0 Å². The van der Waals surface area contributed by atoms with Gasteiger partial charge in [0.1, 0.15) is 6.54 Å². The Morgan fingerprint density at radius 3 is 2.43 bits per heavy atom. The largest absolute Gasteiger partial charge is 0.327 e. The molecule has 112 valence electrons. The van der Waals surface area contributed by atoms with Gasteiger partial charge in [-0.3, -0.25) is 9.69 Å². The predicted molar refractivity (Wildman–Crippen MR) is 79.7 cm³/mol. The fourth-order valence-electron chi connectivity index (χ4n) is 2.83. The maximum absolute atomic E-state index is 12.4. The first-order valence-electron chi connectivity index (χ1n) is 7.40. The summed E-state index contributed by atoms with van der Waals surface area (Å²) in [6.45, 7) is 0.663. The summed E-state index contributed by atoms with van der Waals surface area (Å²) in [5, 5.41) is 0. The molecular formula is C16H21N3O2. The lowest BCUT2D eigenvalue weighted by atomic mass is 10.1. The normalized spacial score (nSPS) is 20.5. The first-order valence-corrected chi connectivity index (χ1v) is 7.40. The molecule has 0 aromatic heterocycles. The third-order valence-corrected chi connectivity index (χ3v) is 4.23. The van der Waals surface area contributed by atoms with E-state index in [9.17, 15) is 9.59 Å². The van der Waals surface area contributed by atoms with Gasteiger partial charge in [0.05, 0.1) is 12.6 Å². The number of hydrogen-bond acceptors (Lipinski definition) is 3. The summed E-state index contributed by atoms with van der Waals surface area (Å²) in [5.41, 5.74) is 1.12. The van der Waals surface area contributed by atoms with E-state index in [4.69, 9.17) is 0 Å². The van der Waals surface area contributed by atoms with Crippen LogP contribution in [0.4, 0.5) is 4.79 Å². The van der Waals surface area contributed by atoms with Gasteiger partial charge in [-0.25, -0.2) is 4.79 Å². The molecule has 0 spiro atoms. The molecule has 2 fully saturated rings. The fourth-order valence-corrected chi connectivity index (χ4v) is 2.83. The molecule has 1 saturated carbocycles. The molecule has 1 aliphatic heterocycles. The van der Waals surface area contributed by atoms with Crippen molar-refractivity contribution in [2.24, 2.45) is 0 Å². The Morgan fingerprint density at radius 1 is 1.19 bits per heavy atom. The van der Waals surface area contributed by atoms with Gasteiger partial charge < -0.3 is 9.80 Å². The molecule has 1 atom stereocenters. The van der Waals surface area contributed by atoms with Crippen LogP contribution in [0.3, 0.4) is 0 Å². The van der Waals surface area contributed by atoms with Gasteiger partial charge >= 0.3 is 6.03 Å². The average Bonchev–Trinajstić information content (AvgIpc) is 3.26. The van der Waals surface area contributed by atoms with Gasteiger partial charge in [-0.05, 0) is 32.5 Å². The number of carbonyl (C=O) groups is 2. The SMILES string of the molecule is CN(C)[C@@H](CN1C(=O)CN(C2CC2)C1=O)c1ccccc1. The van der Waals surface area contributed by atoms with Crippen molar-refractivity contribution >= 4 is 11.9 Å². The summed E-state index contributed by atoms with van der Waals surface area (Å²) < 4.78 is 0. The van der Waals surface area contributed by atoms with E-state index in [1.54, 1.807) is 4.90 Å². The molecule has 3 rings (SSSR count). The summed E-state index contributed by atoms with van der Waals surface area (Å²) >= 11 is 0. The highest BCUT2D eigenvalue weighted by atomic mass is 16.2. The van der Waals surface area contributed by atoms with Gasteiger partial charge in [0, 0.05) is 6.04 Å². The summed E-state index contributed by atoms with van der Waals surface area (Å²) in [4.78, 5) is 29.7. The number of likely N-dealkylation sites (N-methyl/N-ethyl adjacent to an activating group) is 1. The van der Waals surface area contributed by atoms with Crippen LogP contribution in [-0.2, 0) is 4.79 Å². The first kappa shape index (κ1) is 14.1. The number of benzene rings is 1. The molecule has 3 amide bonds. The van der Waals surface area contributed by atoms with Crippen LogP contribution in [0, 0.1) is 0 Å². The van der Waals surface area contributed by atoms with Crippen LogP contribution >= 0.6 is 0 Å². The second-order valence-corrected chi connectivity index (χ2v) is 6.04. The summed E-state index contributed by atoms with van der Waals surface area (Å²) in [6, 6.07) is 10.2. The van der Waals surface area contributed by atoms with Gasteiger partial charge in [0.15, 0.2) is 0 Å². The van der Waals surface area contributed by atoms with Crippen LogP contribution in [0.25, 0.3) is 0 Å². The van der Waals surface area contributed by atoms with Crippen LogP contribution in [-0.4, -0.2) is 59.9 Å². The van der Waals surface area contributed by atoms with E-state index in [1.807, 2.05) is 44.4 Å². The van der Waals surface area contributed by atoms with E-state index < -0.39 is 0 Å². The summed E-state index contributed by atoms with van der Waals surface area (Å²) in [6.07, 6.45) is 2.06. The van der Waals surface area contributed by atoms with Gasteiger partial charge in [-0.15, -0.1) is 0 Å². The molecule has 1 saturated heterocycles. The van der Waals surface area contributed by atoms with Crippen molar-refractivity contribution in [2.45, 2.75) is 24.9 Å². The zero-order valence-corrected chi connectivity index (χ0v) is 12.5. The van der Waals surface area contributed by atoms with Gasteiger partial charge in [0.2, 0.25) is 5.91 Å². The van der Waals surface area contributed by atoms with Crippen LogP contribution in [0.1, 0.15) is 24.4 Å². The zero-order chi connectivity index (χ0) is 15.0. The molecule has 1 aromatic rings. The van der Waals surface area contributed by atoms with Crippen molar-refractivity contribution in [1.82, 2.24) is 14.7 Å². The molecule has 0 unspecified atom stereocenters. The molecule has 21 heavy (non-hydrogen) atoms. The lowest BCUT2D eigenvalue weighted by Crippen LogP contribution is -2.40. The Bertz CT molecular complexity index is 540. The standard InChI is InChI=1S/C16H21N3O2/c1-17(2)14(12-6-4-3-5-7-12)10-19-15(20)11-18(16(19)21)13-8-9-13/h3-7,13-14H,8-11H2,1-2H3/t14-/m0/s1. The first-order chi connectivity index (χ1) is 10.1. The maximum atomic E-state index is 12.4. The van der Waals surface area contributed by atoms with E-state index >= 15 is 0 Å². The van der Waals surface area contributed by atoms with Crippen molar-refractivity contribution in [3.63, 3.8) is 0 Å². The minimum atomic E-state index is -0.120. The van der Waals surface area contributed by atoms with Crippen LogP contribution in [0.15, 0.2) is 30.3 Å². The van der Waals surface area contributed by atoms with Crippen molar-refractivity contribution < 1.29 is 9.59 Å². The van der Waals surface area contributed by atoms with Gasteiger partial charge in [-0.1, -0.05) is 30.3 Å². The van der Waals surface area contributed by atoms with Crippen molar-refractivity contribution in [3.05, 3.63) is 35.9 Å². The molecular weight excluding hydrogens is 266 g/mol.